The van der Waals surface area contributed by atoms with Gasteiger partial charge in [0.15, 0.2) is 0 Å². The highest BCUT2D eigenvalue weighted by molar-refractivity contribution is 5.89. The fraction of sp³-hybridized carbons (Fsp3) is 0.391. The maximum Gasteiger partial charge on any atom is 0.321 e. The largest absolute Gasteiger partial charge is 0.350 e. The predicted octanol–water partition coefficient (Wildman–Crippen LogP) is 4.73. The van der Waals surface area contributed by atoms with Gasteiger partial charge in [-0.1, -0.05) is 30.3 Å². The third kappa shape index (κ3) is 6.31. The molecule has 154 valence electrons. The van der Waals surface area contributed by atoms with Gasteiger partial charge < -0.3 is 15.5 Å². The molecule has 5 nitrogen and oxygen atoms in total. The molecule has 1 aliphatic heterocycles. The van der Waals surface area contributed by atoms with Gasteiger partial charge in [-0.05, 0) is 61.9 Å². The van der Waals surface area contributed by atoms with Crippen molar-refractivity contribution in [2.75, 3.05) is 18.4 Å². The molecule has 0 bridgehead atoms. The molecule has 0 aromatic heterocycles. The lowest BCUT2D eigenvalue weighted by Crippen LogP contribution is -2.42. The molecular formula is C23H28FN3O2. The maximum absolute atomic E-state index is 13.0. The lowest BCUT2D eigenvalue weighted by atomic mass is 9.93. The van der Waals surface area contributed by atoms with Crippen LogP contribution in [-0.2, 0) is 4.79 Å². The highest BCUT2D eigenvalue weighted by Crippen LogP contribution is 2.22. The van der Waals surface area contributed by atoms with Gasteiger partial charge >= 0.3 is 6.03 Å². The van der Waals surface area contributed by atoms with E-state index < -0.39 is 0 Å². The van der Waals surface area contributed by atoms with Crippen molar-refractivity contribution in [3.63, 3.8) is 0 Å². The van der Waals surface area contributed by atoms with Crippen molar-refractivity contribution >= 4 is 17.6 Å². The lowest BCUT2D eigenvalue weighted by molar-refractivity contribution is -0.122. The van der Waals surface area contributed by atoms with Crippen molar-refractivity contribution in [1.82, 2.24) is 10.2 Å². The number of hydrogen-bond acceptors (Lipinski definition) is 2. The van der Waals surface area contributed by atoms with E-state index in [1.165, 1.54) is 12.1 Å². The van der Waals surface area contributed by atoms with E-state index in [2.05, 4.69) is 10.6 Å². The van der Waals surface area contributed by atoms with Crippen molar-refractivity contribution < 1.29 is 14.0 Å². The van der Waals surface area contributed by atoms with Crippen LogP contribution in [-0.4, -0.2) is 29.9 Å². The summed E-state index contributed by atoms with van der Waals surface area (Å²) in [4.78, 5) is 26.6. The van der Waals surface area contributed by atoms with Gasteiger partial charge in [0.05, 0.1) is 6.04 Å². The number of benzene rings is 2. The summed E-state index contributed by atoms with van der Waals surface area (Å²) in [6.45, 7) is 3.31. The molecule has 29 heavy (non-hydrogen) atoms. The van der Waals surface area contributed by atoms with E-state index in [1.54, 1.807) is 17.0 Å². The Labute approximate surface area is 171 Å². The summed E-state index contributed by atoms with van der Waals surface area (Å²) >= 11 is 0. The number of carbonyl (C=O) groups is 2. The number of nitrogens with one attached hydrogen (secondary N) is 2. The van der Waals surface area contributed by atoms with E-state index in [9.17, 15) is 14.0 Å². The molecule has 1 heterocycles. The molecule has 0 spiro atoms. The van der Waals surface area contributed by atoms with Crippen LogP contribution in [0.4, 0.5) is 14.9 Å². The summed E-state index contributed by atoms with van der Waals surface area (Å²) in [5.41, 5.74) is 1.66. The van der Waals surface area contributed by atoms with E-state index in [0.29, 0.717) is 31.1 Å². The van der Waals surface area contributed by atoms with Crippen LogP contribution >= 0.6 is 0 Å². The van der Waals surface area contributed by atoms with Crippen molar-refractivity contribution in [2.24, 2.45) is 5.92 Å². The van der Waals surface area contributed by atoms with Crippen molar-refractivity contribution in [2.45, 2.75) is 38.6 Å². The van der Waals surface area contributed by atoms with Crippen LogP contribution in [0.5, 0.6) is 0 Å². The normalized spacial score (nSPS) is 17.4. The Morgan fingerprint density at radius 2 is 1.86 bits per heavy atom. The van der Waals surface area contributed by atoms with E-state index in [1.807, 2.05) is 37.3 Å². The summed E-state index contributed by atoms with van der Waals surface area (Å²) in [6, 6.07) is 15.4. The third-order valence-electron chi connectivity index (χ3n) is 5.36. The molecule has 1 fully saturated rings. The van der Waals surface area contributed by atoms with Gasteiger partial charge in [0, 0.05) is 25.2 Å². The standard InChI is InChI=1S/C23H28FN3O2/c1-17(19-7-3-2-4-8-19)25-22(28)14-9-18-6-5-15-27(16-18)23(29)26-21-12-10-20(24)11-13-21/h2-4,7-8,10-13,17-18H,5-6,9,14-16H2,1H3,(H,25,28)(H,26,29). The minimum absolute atomic E-state index is 0.0203. The summed E-state index contributed by atoms with van der Waals surface area (Å²) in [5.74, 6) is 0.00985. The fourth-order valence-electron chi connectivity index (χ4n) is 3.69. The molecule has 2 aromatic rings. The highest BCUT2D eigenvalue weighted by atomic mass is 19.1. The zero-order chi connectivity index (χ0) is 20.6. The first-order valence-corrected chi connectivity index (χ1v) is 10.2. The number of amides is 3. The third-order valence-corrected chi connectivity index (χ3v) is 5.36. The zero-order valence-electron chi connectivity index (χ0n) is 16.7. The molecule has 1 aliphatic rings. The van der Waals surface area contributed by atoms with Crippen LogP contribution in [0.2, 0.25) is 0 Å². The van der Waals surface area contributed by atoms with E-state index in [-0.39, 0.29) is 23.8 Å². The van der Waals surface area contributed by atoms with Crippen LogP contribution in [0, 0.1) is 11.7 Å². The average molecular weight is 397 g/mol. The van der Waals surface area contributed by atoms with Crippen LogP contribution in [0.3, 0.4) is 0 Å². The van der Waals surface area contributed by atoms with Gasteiger partial charge in [-0.2, -0.15) is 0 Å². The molecule has 6 heteroatoms. The van der Waals surface area contributed by atoms with E-state index in [0.717, 1.165) is 24.8 Å². The molecule has 2 aromatic carbocycles. The SMILES string of the molecule is CC(NC(=O)CCC1CCCN(C(=O)Nc2ccc(F)cc2)C1)c1ccccc1. The van der Waals surface area contributed by atoms with Crippen LogP contribution in [0.1, 0.15) is 44.2 Å². The van der Waals surface area contributed by atoms with Gasteiger partial charge in [0.1, 0.15) is 5.82 Å². The number of halogens is 1. The Morgan fingerprint density at radius 1 is 1.14 bits per heavy atom. The number of carbonyl (C=O) groups excluding carboxylic acids is 2. The fourth-order valence-corrected chi connectivity index (χ4v) is 3.69. The number of piperidine rings is 1. The molecule has 0 saturated carbocycles. The molecule has 1 saturated heterocycles. The molecule has 3 amide bonds. The number of hydrogen-bond donors (Lipinski definition) is 2. The lowest BCUT2D eigenvalue weighted by Gasteiger charge is -2.32. The van der Waals surface area contributed by atoms with Gasteiger partial charge in [0.25, 0.3) is 0 Å². The van der Waals surface area contributed by atoms with Gasteiger partial charge in [0.2, 0.25) is 5.91 Å². The maximum atomic E-state index is 13.0. The minimum Gasteiger partial charge on any atom is -0.350 e. The Kier molecular flexibility index (Phi) is 7.22. The molecule has 3 rings (SSSR count). The second-order valence-electron chi connectivity index (χ2n) is 7.63. The molecule has 2 atom stereocenters. The summed E-state index contributed by atoms with van der Waals surface area (Å²) in [6.07, 6.45) is 3.15. The highest BCUT2D eigenvalue weighted by Gasteiger charge is 2.24. The predicted molar refractivity (Wildman–Crippen MR) is 112 cm³/mol. The Hall–Kier alpha value is -2.89. The first-order valence-electron chi connectivity index (χ1n) is 10.2. The molecule has 0 aliphatic carbocycles. The molecular weight excluding hydrogens is 369 g/mol. The second kappa shape index (κ2) is 10.0. The number of rotatable bonds is 6. The Balaban J connectivity index is 1.43. The number of urea groups is 1. The smallest absolute Gasteiger partial charge is 0.321 e. The molecule has 2 N–H and O–H groups in total. The second-order valence-corrected chi connectivity index (χ2v) is 7.63. The van der Waals surface area contributed by atoms with Crippen LogP contribution < -0.4 is 10.6 Å². The van der Waals surface area contributed by atoms with Crippen LogP contribution in [0.25, 0.3) is 0 Å². The van der Waals surface area contributed by atoms with Crippen LogP contribution in [0.15, 0.2) is 54.6 Å². The average Bonchev–Trinajstić information content (AvgIpc) is 2.74. The minimum atomic E-state index is -0.333. The quantitative estimate of drug-likeness (QED) is 0.740. The van der Waals surface area contributed by atoms with Crippen molar-refractivity contribution in [3.05, 3.63) is 66.0 Å². The Morgan fingerprint density at radius 3 is 2.59 bits per heavy atom. The van der Waals surface area contributed by atoms with Gasteiger partial charge in [-0.3, -0.25) is 4.79 Å². The molecule has 0 radical (unpaired) electrons. The number of anilines is 1. The summed E-state index contributed by atoms with van der Waals surface area (Å²) in [7, 11) is 0. The van der Waals surface area contributed by atoms with E-state index in [4.69, 9.17) is 0 Å². The summed E-state index contributed by atoms with van der Waals surface area (Å²) in [5, 5.41) is 5.85. The summed E-state index contributed by atoms with van der Waals surface area (Å²) < 4.78 is 13.0. The first-order chi connectivity index (χ1) is 14.0. The number of nitrogens with zero attached hydrogens (tertiary/aromatic N) is 1. The van der Waals surface area contributed by atoms with Crippen molar-refractivity contribution in [3.8, 4) is 0 Å². The topological polar surface area (TPSA) is 61.4 Å². The number of likely N-dealkylation sites (tertiary alicyclic amines) is 1. The Bertz CT molecular complexity index is 811. The monoisotopic (exact) mass is 397 g/mol. The zero-order valence-corrected chi connectivity index (χ0v) is 16.7. The van der Waals surface area contributed by atoms with Gasteiger partial charge in [-0.25, -0.2) is 9.18 Å². The van der Waals surface area contributed by atoms with E-state index >= 15 is 0 Å². The van der Waals surface area contributed by atoms with Gasteiger partial charge in [-0.15, -0.1) is 0 Å². The first kappa shape index (κ1) is 20.8. The molecule has 2 unspecified atom stereocenters. The van der Waals surface area contributed by atoms with Crippen molar-refractivity contribution in [1.29, 1.82) is 0 Å².